The Morgan fingerprint density at radius 1 is 1.10 bits per heavy atom. The highest BCUT2D eigenvalue weighted by Crippen LogP contribution is 2.28. The molecule has 20 heavy (non-hydrogen) atoms. The summed E-state index contributed by atoms with van der Waals surface area (Å²) in [7, 11) is 0. The van der Waals surface area contributed by atoms with Crippen molar-refractivity contribution in [3.05, 3.63) is 67.2 Å². The normalized spacial score (nSPS) is 15.2. The second-order valence-electron chi connectivity index (χ2n) is 5.34. The van der Waals surface area contributed by atoms with Gasteiger partial charge in [0.05, 0.1) is 6.10 Å². The van der Waals surface area contributed by atoms with Crippen LogP contribution in [0, 0.1) is 3.57 Å². The smallest absolute Gasteiger partial charge is 0.0841 e. The molecule has 2 aromatic rings. The Balaban J connectivity index is 1.82. The Bertz CT molecular complexity index is 639. The van der Waals surface area contributed by atoms with Crippen molar-refractivity contribution >= 4 is 34.2 Å². The van der Waals surface area contributed by atoms with Crippen molar-refractivity contribution in [2.45, 2.75) is 31.8 Å². The van der Waals surface area contributed by atoms with Gasteiger partial charge in [-0.1, -0.05) is 29.8 Å². The van der Waals surface area contributed by atoms with Crippen molar-refractivity contribution in [1.82, 2.24) is 0 Å². The molecule has 0 spiro atoms. The first-order valence-electron chi connectivity index (χ1n) is 6.87. The second-order valence-corrected chi connectivity index (χ2v) is 6.94. The second kappa shape index (κ2) is 6.04. The van der Waals surface area contributed by atoms with Crippen LogP contribution in [0.2, 0.25) is 5.02 Å². The highest BCUT2D eigenvalue weighted by atomic mass is 127. The summed E-state index contributed by atoms with van der Waals surface area (Å²) in [6.07, 6.45) is 3.77. The van der Waals surface area contributed by atoms with Gasteiger partial charge < -0.3 is 5.11 Å². The van der Waals surface area contributed by atoms with Gasteiger partial charge in [-0.15, -0.1) is 0 Å². The molecule has 0 saturated heterocycles. The van der Waals surface area contributed by atoms with E-state index < -0.39 is 6.10 Å². The Morgan fingerprint density at radius 3 is 2.75 bits per heavy atom. The molecule has 0 saturated carbocycles. The Kier molecular flexibility index (Phi) is 4.34. The molecule has 2 aromatic carbocycles. The minimum atomic E-state index is -0.500. The van der Waals surface area contributed by atoms with Crippen LogP contribution in [0.1, 0.15) is 34.8 Å². The van der Waals surface area contributed by atoms with Crippen LogP contribution in [-0.2, 0) is 19.3 Å². The number of rotatable bonds is 3. The third-order valence-electron chi connectivity index (χ3n) is 3.91. The lowest BCUT2D eigenvalue weighted by Crippen LogP contribution is -2.04. The quantitative estimate of drug-likeness (QED) is 0.743. The van der Waals surface area contributed by atoms with Crippen LogP contribution in [0.15, 0.2) is 36.4 Å². The zero-order valence-electron chi connectivity index (χ0n) is 11.1. The summed E-state index contributed by atoms with van der Waals surface area (Å²) in [6.45, 7) is 0. The molecule has 0 aromatic heterocycles. The number of aryl methyl sites for hydroxylation is 2. The third-order valence-corrected chi connectivity index (χ3v) is 5.13. The van der Waals surface area contributed by atoms with Crippen LogP contribution in [0.3, 0.4) is 0 Å². The lowest BCUT2D eigenvalue weighted by Gasteiger charge is -2.14. The van der Waals surface area contributed by atoms with Gasteiger partial charge in [-0.2, -0.15) is 0 Å². The predicted molar refractivity (Wildman–Crippen MR) is 91.3 cm³/mol. The molecule has 3 rings (SSSR count). The van der Waals surface area contributed by atoms with E-state index in [1.54, 1.807) is 0 Å². The summed E-state index contributed by atoms with van der Waals surface area (Å²) in [4.78, 5) is 0. The number of fused-ring (bicyclic) bond motifs is 1. The van der Waals surface area contributed by atoms with E-state index in [1.807, 2.05) is 18.2 Å². The molecule has 1 nitrogen and oxygen atoms in total. The Hall–Kier alpha value is -0.580. The number of halogens is 2. The lowest BCUT2D eigenvalue weighted by molar-refractivity contribution is 0.177. The topological polar surface area (TPSA) is 20.2 Å². The number of benzene rings is 2. The maximum absolute atomic E-state index is 10.5. The molecule has 1 unspecified atom stereocenters. The highest BCUT2D eigenvalue weighted by molar-refractivity contribution is 14.1. The largest absolute Gasteiger partial charge is 0.388 e. The van der Waals surface area contributed by atoms with Crippen molar-refractivity contribution in [3.63, 3.8) is 0 Å². The average Bonchev–Trinajstić information content (AvgIpc) is 2.89. The number of hydrogen-bond acceptors (Lipinski definition) is 1. The van der Waals surface area contributed by atoms with Crippen molar-refractivity contribution in [1.29, 1.82) is 0 Å². The van der Waals surface area contributed by atoms with Gasteiger partial charge in [0.15, 0.2) is 0 Å². The molecule has 1 aliphatic carbocycles. The predicted octanol–water partition coefficient (Wildman–Crippen LogP) is 4.71. The Morgan fingerprint density at radius 2 is 1.90 bits per heavy atom. The maximum Gasteiger partial charge on any atom is 0.0841 e. The van der Waals surface area contributed by atoms with E-state index in [4.69, 9.17) is 11.6 Å². The number of hydrogen-bond donors (Lipinski definition) is 1. The van der Waals surface area contributed by atoms with Gasteiger partial charge in [-0.25, -0.2) is 0 Å². The first kappa shape index (κ1) is 14.4. The van der Waals surface area contributed by atoms with E-state index in [-0.39, 0.29) is 0 Å². The molecule has 0 bridgehead atoms. The summed E-state index contributed by atoms with van der Waals surface area (Å²) in [6, 6.07) is 12.3. The number of aliphatic hydroxyl groups excluding tert-OH is 1. The van der Waals surface area contributed by atoms with Crippen molar-refractivity contribution in [2.24, 2.45) is 0 Å². The van der Waals surface area contributed by atoms with E-state index in [2.05, 4.69) is 40.8 Å². The molecular formula is C17H16ClIO. The van der Waals surface area contributed by atoms with Gasteiger partial charge in [-0.3, -0.25) is 0 Å². The first-order valence-corrected chi connectivity index (χ1v) is 8.33. The van der Waals surface area contributed by atoms with Crippen molar-refractivity contribution in [3.8, 4) is 0 Å². The molecular weight excluding hydrogens is 383 g/mol. The average molecular weight is 399 g/mol. The van der Waals surface area contributed by atoms with Crippen LogP contribution < -0.4 is 0 Å². The molecule has 0 fully saturated rings. The molecule has 0 aliphatic heterocycles. The van der Waals surface area contributed by atoms with Crippen LogP contribution in [0.4, 0.5) is 0 Å². The third kappa shape index (κ3) is 3.02. The number of aliphatic hydroxyl groups is 1. The van der Waals surface area contributed by atoms with Gasteiger partial charge in [-0.05, 0) is 82.3 Å². The summed E-state index contributed by atoms with van der Waals surface area (Å²) in [5.41, 5.74) is 5.04. The van der Waals surface area contributed by atoms with E-state index >= 15 is 0 Å². The molecule has 0 amide bonds. The van der Waals surface area contributed by atoms with Crippen molar-refractivity contribution in [2.75, 3.05) is 0 Å². The summed E-state index contributed by atoms with van der Waals surface area (Å²) in [5.74, 6) is 0. The van der Waals surface area contributed by atoms with E-state index in [9.17, 15) is 5.11 Å². The van der Waals surface area contributed by atoms with Crippen LogP contribution in [-0.4, -0.2) is 5.11 Å². The molecule has 3 heteroatoms. The summed E-state index contributed by atoms with van der Waals surface area (Å²) >= 11 is 8.27. The molecule has 104 valence electrons. The van der Waals surface area contributed by atoms with E-state index in [0.717, 1.165) is 9.13 Å². The standard InChI is InChI=1S/C17H16ClIO/c18-14-6-7-16(19)15(10-14)17(20)9-11-4-5-12-2-1-3-13(12)8-11/h4-8,10,17,20H,1-3,9H2. The Labute approximate surface area is 138 Å². The fourth-order valence-electron chi connectivity index (χ4n) is 2.86. The van der Waals surface area contributed by atoms with Gasteiger partial charge in [0.25, 0.3) is 0 Å². The highest BCUT2D eigenvalue weighted by Gasteiger charge is 2.15. The van der Waals surface area contributed by atoms with Crippen LogP contribution in [0.5, 0.6) is 0 Å². The minimum absolute atomic E-state index is 0.500. The maximum atomic E-state index is 10.5. The van der Waals surface area contributed by atoms with Gasteiger partial charge in [0, 0.05) is 15.0 Å². The van der Waals surface area contributed by atoms with Crippen LogP contribution in [0.25, 0.3) is 0 Å². The van der Waals surface area contributed by atoms with Gasteiger partial charge in [0.1, 0.15) is 0 Å². The van der Waals surface area contributed by atoms with Gasteiger partial charge >= 0.3 is 0 Å². The fourth-order valence-corrected chi connectivity index (χ4v) is 3.73. The van der Waals surface area contributed by atoms with Crippen LogP contribution >= 0.6 is 34.2 Å². The van der Waals surface area contributed by atoms with Gasteiger partial charge in [0.2, 0.25) is 0 Å². The summed E-state index contributed by atoms with van der Waals surface area (Å²) in [5, 5.41) is 11.1. The fraction of sp³-hybridized carbons (Fsp3) is 0.294. The molecule has 1 N–H and O–H groups in total. The molecule has 0 radical (unpaired) electrons. The van der Waals surface area contributed by atoms with E-state index in [0.29, 0.717) is 11.4 Å². The molecule has 1 aliphatic rings. The van der Waals surface area contributed by atoms with Crippen molar-refractivity contribution < 1.29 is 5.11 Å². The zero-order valence-corrected chi connectivity index (χ0v) is 14.0. The summed E-state index contributed by atoms with van der Waals surface area (Å²) < 4.78 is 1.06. The SMILES string of the molecule is OC(Cc1ccc2c(c1)CCC2)c1cc(Cl)ccc1I. The molecule has 1 atom stereocenters. The monoisotopic (exact) mass is 398 g/mol. The zero-order chi connectivity index (χ0) is 14.1. The first-order chi connectivity index (χ1) is 9.63. The lowest BCUT2D eigenvalue weighted by atomic mass is 9.98. The van der Waals surface area contributed by atoms with E-state index in [1.165, 1.54) is 36.0 Å². The minimum Gasteiger partial charge on any atom is -0.388 e. The molecule has 0 heterocycles.